The molecular formula is C104H66N12. The van der Waals surface area contributed by atoms with Crippen molar-refractivity contribution in [3.63, 3.8) is 0 Å². The third-order valence-corrected chi connectivity index (χ3v) is 20.9. The lowest BCUT2D eigenvalue weighted by molar-refractivity contribution is 1.07. The van der Waals surface area contributed by atoms with Crippen LogP contribution in [-0.2, 0) is 0 Å². The Morgan fingerprint density at radius 3 is 0.552 bits per heavy atom. The van der Waals surface area contributed by atoms with Gasteiger partial charge in [-0.05, 0) is 108 Å². The van der Waals surface area contributed by atoms with E-state index in [0.29, 0.717) is 69.9 Å². The molecule has 0 aliphatic carbocycles. The molecule has 0 aliphatic rings. The SMILES string of the molecule is c1ccc(-c2nc(-c3ccccc3)nc(-c3ccc(-c4ccc5ccc(-c6cccc(-c7nc(-c8ccccc8)nc(-c8cccc(-c9cccc(-c%10nc(-c%11ccccc%11)nc(-c%11ccc(-c%12ccc(-c%13ccc(-c%14nc(-c%15ccccc%15)nc(-c%15ccccc%15)n%14)cc%13)c%13ccccc%12%13)cc%11)n%10)c9)c8)n7)c6)cc5c4)cc3)n2)cc1. The fraction of sp³-hybridized carbons (Fsp3) is 0. The van der Waals surface area contributed by atoms with Gasteiger partial charge in [0.1, 0.15) is 0 Å². The lowest BCUT2D eigenvalue weighted by atomic mass is 9.91. The molecule has 0 radical (unpaired) electrons. The van der Waals surface area contributed by atoms with Crippen LogP contribution in [0.15, 0.2) is 400 Å². The molecule has 0 spiro atoms. The van der Waals surface area contributed by atoms with E-state index in [2.05, 4.69) is 218 Å². The number of hydrogen-bond donors (Lipinski definition) is 0. The fourth-order valence-corrected chi connectivity index (χ4v) is 14.9. The molecule has 20 rings (SSSR count). The van der Waals surface area contributed by atoms with Crippen molar-refractivity contribution in [2.24, 2.45) is 0 Å². The summed E-state index contributed by atoms with van der Waals surface area (Å²) in [7, 11) is 0. The summed E-state index contributed by atoms with van der Waals surface area (Å²) in [5.74, 6) is 7.10. The zero-order valence-corrected chi connectivity index (χ0v) is 62.5. The van der Waals surface area contributed by atoms with E-state index in [1.807, 2.05) is 182 Å². The zero-order chi connectivity index (χ0) is 77.1. The van der Waals surface area contributed by atoms with Gasteiger partial charge in [0.05, 0.1) is 0 Å². The summed E-state index contributed by atoms with van der Waals surface area (Å²) >= 11 is 0. The quantitative estimate of drug-likeness (QED) is 0.0852. The third kappa shape index (κ3) is 14.3. The second kappa shape index (κ2) is 30.7. The van der Waals surface area contributed by atoms with Gasteiger partial charge in [-0.3, -0.25) is 0 Å². The van der Waals surface area contributed by atoms with Crippen molar-refractivity contribution in [1.82, 2.24) is 59.8 Å². The fourth-order valence-electron chi connectivity index (χ4n) is 14.9. The maximum Gasteiger partial charge on any atom is 0.164 e. The molecule has 0 unspecified atom stereocenters. The second-order valence-corrected chi connectivity index (χ2v) is 28.4. The van der Waals surface area contributed by atoms with E-state index in [1.165, 1.54) is 0 Å². The monoisotopic (exact) mass is 1480 g/mol. The first-order valence-electron chi connectivity index (χ1n) is 38.5. The molecule has 12 nitrogen and oxygen atoms in total. The predicted molar refractivity (Wildman–Crippen MR) is 467 cm³/mol. The van der Waals surface area contributed by atoms with E-state index >= 15 is 0 Å². The number of fused-ring (bicyclic) bond motifs is 2. The summed E-state index contributed by atoms with van der Waals surface area (Å²) in [5.41, 5.74) is 21.3. The van der Waals surface area contributed by atoms with Crippen LogP contribution in [-0.4, -0.2) is 59.8 Å². The van der Waals surface area contributed by atoms with Gasteiger partial charge in [-0.25, -0.2) is 59.8 Å². The molecule has 0 atom stereocenters. The van der Waals surface area contributed by atoms with E-state index in [-0.39, 0.29) is 0 Å². The Hall–Kier alpha value is -15.9. The van der Waals surface area contributed by atoms with Crippen molar-refractivity contribution in [3.8, 4) is 192 Å². The normalized spacial score (nSPS) is 11.3. The summed E-state index contributed by atoms with van der Waals surface area (Å²) in [6.07, 6.45) is 0. The van der Waals surface area contributed by atoms with Crippen molar-refractivity contribution in [2.45, 2.75) is 0 Å². The Morgan fingerprint density at radius 2 is 0.284 bits per heavy atom. The predicted octanol–water partition coefficient (Wildman–Crippen LogP) is 25.1. The summed E-state index contributed by atoms with van der Waals surface area (Å²) < 4.78 is 0. The van der Waals surface area contributed by atoms with Crippen LogP contribution in [0.4, 0.5) is 0 Å². The molecule has 116 heavy (non-hydrogen) atoms. The van der Waals surface area contributed by atoms with E-state index in [9.17, 15) is 0 Å². The van der Waals surface area contributed by atoms with Gasteiger partial charge in [0.25, 0.3) is 0 Å². The van der Waals surface area contributed by atoms with E-state index in [4.69, 9.17) is 59.8 Å². The standard InChI is InChI=1S/C104H66N12/c1-7-24-71(25-8-1)93-105-94(72-26-9-2-10-27-72)108-99(107-93)77-52-44-67(45-53-77)83-58-46-68-47-59-84(66-88(68)65-83)82-38-23-41-87(64-82)104-114-98(76-34-17-6-18-35-76)113-103(116-104)86-40-22-37-81(63-86)80-36-21-39-85(62-80)102-112-97(75-32-15-5-16-33-75)111-101(115-102)79-56-50-70(51-57-79)90-61-60-89(91-42-19-20-43-92(90)91)69-48-54-78(55-49-69)100-109-95(73-28-11-3-12-29-73)106-96(110-100)74-30-13-4-14-31-74/h1-66H. The molecule has 0 fully saturated rings. The molecule has 20 aromatic rings. The lowest BCUT2D eigenvalue weighted by Gasteiger charge is -2.13. The van der Waals surface area contributed by atoms with E-state index in [1.54, 1.807) is 0 Å². The first-order valence-corrected chi connectivity index (χ1v) is 38.5. The van der Waals surface area contributed by atoms with Crippen molar-refractivity contribution >= 4 is 21.5 Å². The van der Waals surface area contributed by atoms with Gasteiger partial charge in [0.2, 0.25) is 0 Å². The largest absolute Gasteiger partial charge is 0.208 e. The highest BCUT2D eigenvalue weighted by molar-refractivity contribution is 6.05. The minimum Gasteiger partial charge on any atom is -0.208 e. The van der Waals surface area contributed by atoms with Crippen LogP contribution in [0.2, 0.25) is 0 Å². The van der Waals surface area contributed by atoms with Crippen LogP contribution in [0.1, 0.15) is 0 Å². The first-order chi connectivity index (χ1) is 57.4. The Bertz CT molecular complexity index is 6910. The molecule has 0 saturated heterocycles. The number of hydrogen-bond acceptors (Lipinski definition) is 12. The minimum atomic E-state index is 0.549. The van der Waals surface area contributed by atoms with Crippen LogP contribution < -0.4 is 0 Å². The first kappa shape index (κ1) is 69.3. The third-order valence-electron chi connectivity index (χ3n) is 20.9. The van der Waals surface area contributed by atoms with Gasteiger partial charge in [0, 0.05) is 66.8 Å². The molecule has 12 heteroatoms. The summed E-state index contributed by atoms with van der Waals surface area (Å²) in [5, 5.41) is 4.54. The van der Waals surface area contributed by atoms with Crippen molar-refractivity contribution < 1.29 is 0 Å². The minimum absolute atomic E-state index is 0.549. The van der Waals surface area contributed by atoms with Gasteiger partial charge in [-0.1, -0.05) is 370 Å². The highest BCUT2D eigenvalue weighted by atomic mass is 15.1. The lowest BCUT2D eigenvalue weighted by Crippen LogP contribution is -2.00. The maximum atomic E-state index is 5.28. The van der Waals surface area contributed by atoms with Gasteiger partial charge >= 0.3 is 0 Å². The van der Waals surface area contributed by atoms with E-state index < -0.39 is 0 Å². The van der Waals surface area contributed by atoms with Crippen LogP contribution >= 0.6 is 0 Å². The van der Waals surface area contributed by atoms with Crippen LogP contribution in [0.3, 0.4) is 0 Å². The topological polar surface area (TPSA) is 155 Å². The van der Waals surface area contributed by atoms with Crippen molar-refractivity contribution in [3.05, 3.63) is 400 Å². The average Bonchev–Trinajstić information content (AvgIpc) is 0.780. The molecule has 0 amide bonds. The number of aromatic nitrogens is 12. The summed E-state index contributed by atoms with van der Waals surface area (Å²) in [6.45, 7) is 0. The molecule has 542 valence electrons. The summed E-state index contributed by atoms with van der Waals surface area (Å²) in [4.78, 5) is 61.0. The molecule has 0 saturated carbocycles. The number of rotatable bonds is 17. The van der Waals surface area contributed by atoms with Gasteiger partial charge < -0.3 is 0 Å². The van der Waals surface area contributed by atoms with E-state index in [0.717, 1.165) is 144 Å². The Balaban J connectivity index is 0.576. The van der Waals surface area contributed by atoms with Gasteiger partial charge in [-0.2, -0.15) is 0 Å². The zero-order valence-electron chi connectivity index (χ0n) is 62.5. The average molecular weight is 1480 g/mol. The Labute approximate surface area is 669 Å². The Kier molecular flexibility index (Phi) is 18.4. The molecule has 4 heterocycles. The van der Waals surface area contributed by atoms with Crippen molar-refractivity contribution in [1.29, 1.82) is 0 Å². The highest BCUT2D eigenvalue weighted by Crippen LogP contribution is 2.40. The molecule has 4 aromatic heterocycles. The molecular weight excluding hydrogens is 1420 g/mol. The van der Waals surface area contributed by atoms with Crippen LogP contribution in [0.5, 0.6) is 0 Å². The van der Waals surface area contributed by atoms with Crippen molar-refractivity contribution in [2.75, 3.05) is 0 Å². The number of nitrogens with zero attached hydrogens (tertiary/aromatic N) is 12. The smallest absolute Gasteiger partial charge is 0.164 e. The number of benzene rings is 16. The second-order valence-electron chi connectivity index (χ2n) is 28.4. The molecule has 0 bridgehead atoms. The maximum absolute atomic E-state index is 5.28. The van der Waals surface area contributed by atoms with Gasteiger partial charge in [0.15, 0.2) is 69.9 Å². The van der Waals surface area contributed by atoms with Crippen LogP contribution in [0, 0.1) is 0 Å². The van der Waals surface area contributed by atoms with Crippen LogP contribution in [0.25, 0.3) is 214 Å². The summed E-state index contributed by atoms with van der Waals surface area (Å²) in [6, 6.07) is 137. The molecule has 0 N–H and O–H groups in total. The Morgan fingerprint density at radius 1 is 0.103 bits per heavy atom. The van der Waals surface area contributed by atoms with Gasteiger partial charge in [-0.15, -0.1) is 0 Å². The molecule has 0 aliphatic heterocycles. The highest BCUT2D eigenvalue weighted by Gasteiger charge is 2.21. The molecule has 16 aromatic carbocycles.